The van der Waals surface area contributed by atoms with Gasteiger partial charge in [0.15, 0.2) is 5.12 Å². The van der Waals surface area contributed by atoms with E-state index < -0.39 is 5.41 Å². The minimum absolute atomic E-state index is 0.0266. The molecule has 0 radical (unpaired) electrons. The van der Waals surface area contributed by atoms with Crippen LogP contribution in [0.4, 0.5) is 0 Å². The number of hydrogen-bond acceptors (Lipinski definition) is 5. The van der Waals surface area contributed by atoms with E-state index in [-0.39, 0.29) is 33.8 Å². The fourth-order valence-electron chi connectivity index (χ4n) is 9.64. The molecule has 0 bridgehead atoms. The number of esters is 1. The van der Waals surface area contributed by atoms with Gasteiger partial charge in [-0.25, -0.2) is 0 Å². The molecule has 4 nitrogen and oxygen atoms in total. The van der Waals surface area contributed by atoms with E-state index in [1.165, 1.54) is 37.4 Å². The zero-order valence-electron chi connectivity index (χ0n) is 26.5. The Kier molecular flexibility index (Phi) is 9.07. The van der Waals surface area contributed by atoms with Gasteiger partial charge in [-0.1, -0.05) is 60.2 Å². The number of aliphatic hydroxyl groups is 1. The zero-order chi connectivity index (χ0) is 29.0. The maximum atomic E-state index is 12.8. The van der Waals surface area contributed by atoms with E-state index in [0.717, 1.165) is 38.5 Å². The van der Waals surface area contributed by atoms with E-state index in [2.05, 4.69) is 48.5 Å². The van der Waals surface area contributed by atoms with Crippen LogP contribution in [0.5, 0.6) is 0 Å². The van der Waals surface area contributed by atoms with Gasteiger partial charge in [-0.05, 0) is 124 Å². The highest BCUT2D eigenvalue weighted by molar-refractivity contribution is 8.14. The fraction of sp³-hybridized carbons (Fsp3) is 0.941. The molecule has 4 aliphatic rings. The highest BCUT2D eigenvalue weighted by atomic mass is 32.2. The Morgan fingerprint density at radius 1 is 1.00 bits per heavy atom. The molecular formula is C34H58O4S. The average Bonchev–Trinajstić information content (AvgIpc) is 3.21. The summed E-state index contributed by atoms with van der Waals surface area (Å²) >= 11 is 1.48. The Morgan fingerprint density at radius 3 is 2.33 bits per heavy atom. The van der Waals surface area contributed by atoms with Crippen molar-refractivity contribution in [1.29, 1.82) is 0 Å². The molecule has 5 heteroatoms. The number of ether oxygens (including phenoxy) is 1. The summed E-state index contributed by atoms with van der Waals surface area (Å²) in [6, 6.07) is 0. The number of carbonyl (C=O) groups is 2. The molecule has 0 aliphatic heterocycles. The van der Waals surface area contributed by atoms with Crippen molar-refractivity contribution in [3.8, 4) is 0 Å². The average molecular weight is 563 g/mol. The van der Waals surface area contributed by atoms with E-state index in [0.29, 0.717) is 47.0 Å². The van der Waals surface area contributed by atoms with Gasteiger partial charge in [0.2, 0.25) is 0 Å². The van der Waals surface area contributed by atoms with E-state index in [1.807, 2.05) is 13.8 Å². The van der Waals surface area contributed by atoms with Gasteiger partial charge in [0.05, 0.1) is 11.5 Å². The van der Waals surface area contributed by atoms with Gasteiger partial charge < -0.3 is 9.84 Å². The maximum absolute atomic E-state index is 12.8. The molecule has 1 N–H and O–H groups in total. The molecule has 0 spiro atoms. The molecule has 0 aromatic carbocycles. The van der Waals surface area contributed by atoms with Crippen molar-refractivity contribution in [2.75, 3.05) is 0 Å². The van der Waals surface area contributed by atoms with E-state index in [4.69, 9.17) is 4.74 Å². The third-order valence-corrected chi connectivity index (χ3v) is 13.5. The van der Waals surface area contributed by atoms with Gasteiger partial charge >= 0.3 is 5.97 Å². The van der Waals surface area contributed by atoms with Crippen LogP contribution < -0.4 is 0 Å². The largest absolute Gasteiger partial charge is 0.462 e. The van der Waals surface area contributed by atoms with Crippen molar-refractivity contribution in [1.82, 2.24) is 0 Å². The normalized spacial score (nSPS) is 41.2. The number of rotatable bonds is 7. The zero-order valence-corrected chi connectivity index (χ0v) is 27.3. The van der Waals surface area contributed by atoms with Crippen LogP contribution in [0.25, 0.3) is 0 Å². The van der Waals surface area contributed by atoms with Crippen LogP contribution in [0.15, 0.2) is 0 Å². The summed E-state index contributed by atoms with van der Waals surface area (Å²) in [5, 5.41) is 12.2. The third kappa shape index (κ3) is 6.02. The predicted molar refractivity (Wildman–Crippen MR) is 161 cm³/mol. The molecule has 0 heterocycles. The summed E-state index contributed by atoms with van der Waals surface area (Å²) in [6.45, 7) is 19.6. The molecular weight excluding hydrogens is 504 g/mol. The van der Waals surface area contributed by atoms with Crippen molar-refractivity contribution < 1.29 is 19.4 Å². The molecule has 0 aromatic rings. The van der Waals surface area contributed by atoms with Crippen LogP contribution in [0.1, 0.15) is 133 Å². The van der Waals surface area contributed by atoms with Crippen molar-refractivity contribution in [2.24, 2.45) is 51.8 Å². The second kappa shape index (κ2) is 11.3. The Morgan fingerprint density at radius 2 is 1.69 bits per heavy atom. The van der Waals surface area contributed by atoms with E-state index in [1.54, 1.807) is 0 Å². The van der Waals surface area contributed by atoms with Gasteiger partial charge in [-0.2, -0.15) is 0 Å². The van der Waals surface area contributed by atoms with Crippen LogP contribution in [-0.4, -0.2) is 33.1 Å². The highest BCUT2D eigenvalue weighted by Crippen LogP contribution is 2.68. The molecule has 10 atom stereocenters. The first-order chi connectivity index (χ1) is 18.0. The Balaban J connectivity index is 1.42. The Hall–Kier alpha value is -0.550. The Labute approximate surface area is 243 Å². The quantitative estimate of drug-likeness (QED) is 0.315. The van der Waals surface area contributed by atoms with Gasteiger partial charge in [0.25, 0.3) is 0 Å². The summed E-state index contributed by atoms with van der Waals surface area (Å²) in [4.78, 5) is 25.4. The lowest BCUT2D eigenvalue weighted by Gasteiger charge is -2.62. The van der Waals surface area contributed by atoms with Crippen molar-refractivity contribution in [3.63, 3.8) is 0 Å². The fourth-order valence-corrected chi connectivity index (χ4v) is 10.5. The first-order valence-electron chi connectivity index (χ1n) is 16.1. The van der Waals surface area contributed by atoms with Crippen LogP contribution in [0.3, 0.4) is 0 Å². The van der Waals surface area contributed by atoms with Gasteiger partial charge in [-0.15, -0.1) is 0 Å². The molecule has 4 saturated carbocycles. The van der Waals surface area contributed by atoms with Gasteiger partial charge in [-0.3, -0.25) is 9.59 Å². The minimum atomic E-state index is -0.411. The summed E-state index contributed by atoms with van der Waals surface area (Å²) < 4.78 is 6.05. The van der Waals surface area contributed by atoms with Crippen LogP contribution in [0.2, 0.25) is 0 Å². The lowest BCUT2D eigenvalue weighted by Crippen LogP contribution is -2.59. The predicted octanol–water partition coefficient (Wildman–Crippen LogP) is 8.44. The monoisotopic (exact) mass is 562 g/mol. The lowest BCUT2D eigenvalue weighted by atomic mass is 9.43. The van der Waals surface area contributed by atoms with E-state index >= 15 is 0 Å². The van der Waals surface area contributed by atoms with Crippen molar-refractivity contribution >= 4 is 22.8 Å². The Bertz CT molecular complexity index is 907. The molecule has 0 aromatic heterocycles. The lowest BCUT2D eigenvalue weighted by molar-refractivity contribution is -0.185. The number of carbonyl (C=O) groups excluding carboxylic acids is 2. The SMILES string of the molecule is CCC(C)(C)C(=O)OC1CCC2(C)C(CCC3C2CC(O)C2(C)C(C(C)CCC(=O)SC(C)(C)C)CCC32)C1. The first-order valence-corrected chi connectivity index (χ1v) is 17.0. The van der Waals surface area contributed by atoms with Crippen LogP contribution >= 0.6 is 11.8 Å². The van der Waals surface area contributed by atoms with Gasteiger partial charge in [0, 0.05) is 11.2 Å². The van der Waals surface area contributed by atoms with Gasteiger partial charge in [0.1, 0.15) is 6.10 Å². The minimum Gasteiger partial charge on any atom is -0.462 e. The molecule has 0 amide bonds. The topological polar surface area (TPSA) is 63.6 Å². The first kappa shape index (κ1) is 31.4. The van der Waals surface area contributed by atoms with Crippen molar-refractivity contribution in [3.05, 3.63) is 0 Å². The number of fused-ring (bicyclic) bond motifs is 5. The second-order valence-electron chi connectivity index (χ2n) is 16.1. The molecule has 4 rings (SSSR count). The summed E-state index contributed by atoms with van der Waals surface area (Å²) in [7, 11) is 0. The summed E-state index contributed by atoms with van der Waals surface area (Å²) in [5.41, 5.74) is -0.220. The molecule has 10 unspecified atom stereocenters. The molecule has 4 fully saturated rings. The summed E-state index contributed by atoms with van der Waals surface area (Å²) in [6.07, 6.45) is 11.0. The third-order valence-electron chi connectivity index (χ3n) is 12.4. The van der Waals surface area contributed by atoms with Crippen LogP contribution in [-0.2, 0) is 14.3 Å². The molecule has 224 valence electrons. The molecule has 0 saturated heterocycles. The molecule has 39 heavy (non-hydrogen) atoms. The number of thioether (sulfide) groups is 1. The second-order valence-corrected chi connectivity index (χ2v) is 18.0. The van der Waals surface area contributed by atoms with Crippen molar-refractivity contribution in [2.45, 2.75) is 150 Å². The molecule has 4 aliphatic carbocycles. The standard InChI is InChI=1S/C34H58O4S/c1-10-32(6,7)30(37)38-23-17-18-33(8)22(19-23)12-13-24-26-15-14-25(34(26,9)28(35)20-27(24)33)21(2)11-16-29(36)39-31(3,4)5/h21-28,35H,10-20H2,1-9H3. The highest BCUT2D eigenvalue weighted by Gasteiger charge is 2.64. The number of aliphatic hydroxyl groups excluding tert-OH is 1. The number of hydrogen-bond donors (Lipinski definition) is 1. The van der Waals surface area contributed by atoms with E-state index in [9.17, 15) is 14.7 Å². The van der Waals surface area contributed by atoms with Crippen LogP contribution in [0, 0.1) is 51.8 Å². The smallest absolute Gasteiger partial charge is 0.311 e. The maximum Gasteiger partial charge on any atom is 0.311 e. The summed E-state index contributed by atoms with van der Waals surface area (Å²) in [5.74, 6) is 3.32.